The number of carbonyl (C=O) groups is 2. The van der Waals surface area contributed by atoms with Crippen LogP contribution in [0.3, 0.4) is 0 Å². The summed E-state index contributed by atoms with van der Waals surface area (Å²) in [5.41, 5.74) is 3.02. The molecule has 0 aliphatic rings. The van der Waals surface area contributed by atoms with Crippen molar-refractivity contribution < 1.29 is 9.59 Å². The molecule has 0 unspecified atom stereocenters. The van der Waals surface area contributed by atoms with Crippen LogP contribution in [0.4, 0.5) is 5.82 Å². The van der Waals surface area contributed by atoms with E-state index in [0.717, 1.165) is 11.1 Å². The van der Waals surface area contributed by atoms with Gasteiger partial charge in [-0.15, -0.1) is 0 Å². The van der Waals surface area contributed by atoms with Crippen LogP contribution >= 0.6 is 0 Å². The fourth-order valence-electron chi connectivity index (χ4n) is 2.56. The van der Waals surface area contributed by atoms with Gasteiger partial charge in [-0.2, -0.15) is 0 Å². The van der Waals surface area contributed by atoms with Gasteiger partial charge < -0.3 is 5.32 Å². The number of amides is 1. The van der Waals surface area contributed by atoms with Gasteiger partial charge in [0.15, 0.2) is 5.78 Å². The first kappa shape index (κ1) is 16.6. The molecule has 0 saturated heterocycles. The first-order valence-corrected chi connectivity index (χ1v) is 8.03. The second kappa shape index (κ2) is 7.53. The van der Waals surface area contributed by atoms with Gasteiger partial charge in [0.25, 0.3) is 0 Å². The molecule has 0 bridgehead atoms. The molecule has 2 aromatic carbocycles. The number of nitrogens with one attached hydrogen (secondary N) is 1. The Hall–Kier alpha value is -3.27. The highest BCUT2D eigenvalue weighted by atomic mass is 16.1. The van der Waals surface area contributed by atoms with Gasteiger partial charge in [0, 0.05) is 17.3 Å². The van der Waals surface area contributed by atoms with Crippen molar-refractivity contribution in [3.63, 3.8) is 0 Å². The van der Waals surface area contributed by atoms with Crippen LogP contribution in [-0.4, -0.2) is 16.7 Å². The number of rotatable bonds is 5. The summed E-state index contributed by atoms with van der Waals surface area (Å²) >= 11 is 0. The Kier molecular flexibility index (Phi) is 5.00. The zero-order valence-electron chi connectivity index (χ0n) is 13.9. The zero-order valence-corrected chi connectivity index (χ0v) is 13.9. The fraction of sp³-hybridized carbons (Fsp3) is 0.0952. The maximum absolute atomic E-state index is 12.5. The Morgan fingerprint density at radius 2 is 1.68 bits per heavy atom. The molecule has 1 aromatic heterocycles. The van der Waals surface area contributed by atoms with E-state index >= 15 is 0 Å². The topological polar surface area (TPSA) is 59.1 Å². The normalized spacial score (nSPS) is 10.3. The SMILES string of the molecule is Cc1ccnc(NC(=O)Cc2cccc(C(=O)c3ccccc3)c2)c1. The van der Waals surface area contributed by atoms with E-state index in [2.05, 4.69) is 10.3 Å². The molecule has 0 aliphatic carbocycles. The summed E-state index contributed by atoms with van der Waals surface area (Å²) in [6.45, 7) is 1.94. The number of aromatic nitrogens is 1. The predicted molar refractivity (Wildman–Crippen MR) is 97.6 cm³/mol. The standard InChI is InChI=1S/C21H18N2O2/c1-15-10-11-22-19(12-15)23-20(24)14-16-6-5-9-18(13-16)21(25)17-7-3-2-4-8-17/h2-13H,14H2,1H3,(H,22,23,24). The molecule has 0 fully saturated rings. The van der Waals surface area contributed by atoms with E-state index < -0.39 is 0 Å². The van der Waals surface area contributed by atoms with Gasteiger partial charge in [-0.05, 0) is 36.2 Å². The van der Waals surface area contributed by atoms with Gasteiger partial charge in [0.1, 0.15) is 5.82 Å². The third kappa shape index (κ3) is 4.38. The lowest BCUT2D eigenvalue weighted by atomic mass is 10.0. The van der Waals surface area contributed by atoms with E-state index in [9.17, 15) is 9.59 Å². The molecule has 0 saturated carbocycles. The summed E-state index contributed by atoms with van der Waals surface area (Å²) in [6.07, 6.45) is 1.84. The Morgan fingerprint density at radius 1 is 0.920 bits per heavy atom. The van der Waals surface area contributed by atoms with E-state index in [1.165, 1.54) is 0 Å². The third-order valence-electron chi connectivity index (χ3n) is 3.77. The number of carbonyl (C=O) groups excluding carboxylic acids is 2. The van der Waals surface area contributed by atoms with Crippen molar-refractivity contribution in [2.45, 2.75) is 13.3 Å². The summed E-state index contributed by atoms with van der Waals surface area (Å²) in [7, 11) is 0. The molecule has 3 rings (SSSR count). The van der Waals surface area contributed by atoms with Crippen molar-refractivity contribution in [1.29, 1.82) is 0 Å². The maximum Gasteiger partial charge on any atom is 0.229 e. The Labute approximate surface area is 146 Å². The minimum absolute atomic E-state index is 0.0526. The molecule has 25 heavy (non-hydrogen) atoms. The Balaban J connectivity index is 1.71. The van der Waals surface area contributed by atoms with E-state index in [0.29, 0.717) is 16.9 Å². The molecule has 0 atom stereocenters. The van der Waals surface area contributed by atoms with E-state index in [-0.39, 0.29) is 18.1 Å². The number of ketones is 1. The van der Waals surface area contributed by atoms with Crippen LogP contribution in [-0.2, 0) is 11.2 Å². The summed E-state index contributed by atoms with van der Waals surface area (Å²) < 4.78 is 0. The van der Waals surface area contributed by atoms with Gasteiger partial charge in [-0.3, -0.25) is 9.59 Å². The molecule has 124 valence electrons. The summed E-state index contributed by atoms with van der Waals surface area (Å²) in [5.74, 6) is 0.312. The van der Waals surface area contributed by atoms with Crippen molar-refractivity contribution in [3.8, 4) is 0 Å². The van der Waals surface area contributed by atoms with Gasteiger partial charge in [0.2, 0.25) is 5.91 Å². The largest absolute Gasteiger partial charge is 0.310 e. The van der Waals surface area contributed by atoms with E-state index in [1.807, 2.05) is 43.3 Å². The Morgan fingerprint density at radius 3 is 2.44 bits per heavy atom. The van der Waals surface area contributed by atoms with Gasteiger partial charge >= 0.3 is 0 Å². The minimum Gasteiger partial charge on any atom is -0.310 e. The first-order chi connectivity index (χ1) is 12.1. The molecule has 1 N–H and O–H groups in total. The number of nitrogens with zero attached hydrogens (tertiary/aromatic N) is 1. The molecule has 1 heterocycles. The summed E-state index contributed by atoms with van der Waals surface area (Å²) in [5, 5.41) is 2.78. The molecule has 0 aliphatic heterocycles. The number of hydrogen-bond donors (Lipinski definition) is 1. The number of hydrogen-bond acceptors (Lipinski definition) is 3. The summed E-state index contributed by atoms with van der Waals surface area (Å²) in [6, 6.07) is 19.9. The number of pyridine rings is 1. The monoisotopic (exact) mass is 330 g/mol. The van der Waals surface area contributed by atoms with Crippen molar-refractivity contribution in [1.82, 2.24) is 4.98 Å². The van der Waals surface area contributed by atoms with Crippen LogP contribution in [0.15, 0.2) is 72.9 Å². The lowest BCUT2D eigenvalue weighted by molar-refractivity contribution is -0.115. The van der Waals surface area contributed by atoms with Gasteiger partial charge in [-0.1, -0.05) is 48.5 Å². The van der Waals surface area contributed by atoms with Gasteiger partial charge in [0.05, 0.1) is 6.42 Å². The predicted octanol–water partition coefficient (Wildman–Crippen LogP) is 3.80. The molecule has 0 radical (unpaired) electrons. The van der Waals surface area contributed by atoms with Gasteiger partial charge in [-0.25, -0.2) is 4.98 Å². The van der Waals surface area contributed by atoms with Crippen LogP contribution < -0.4 is 5.32 Å². The van der Waals surface area contributed by atoms with E-state index in [4.69, 9.17) is 0 Å². The minimum atomic E-state index is -0.164. The lowest BCUT2D eigenvalue weighted by Gasteiger charge is -2.07. The van der Waals surface area contributed by atoms with E-state index in [1.54, 1.807) is 36.5 Å². The Bertz CT molecular complexity index is 905. The van der Waals surface area contributed by atoms with Crippen LogP contribution in [0.2, 0.25) is 0 Å². The van der Waals surface area contributed by atoms with Crippen molar-refractivity contribution >= 4 is 17.5 Å². The second-order valence-corrected chi connectivity index (χ2v) is 5.84. The second-order valence-electron chi connectivity index (χ2n) is 5.84. The lowest BCUT2D eigenvalue weighted by Crippen LogP contribution is -2.15. The summed E-state index contributed by atoms with van der Waals surface area (Å²) in [4.78, 5) is 28.8. The number of aryl methyl sites for hydroxylation is 1. The smallest absolute Gasteiger partial charge is 0.229 e. The molecule has 0 spiro atoms. The van der Waals surface area contributed by atoms with Crippen LogP contribution in [0.5, 0.6) is 0 Å². The van der Waals surface area contributed by atoms with Crippen LogP contribution in [0.1, 0.15) is 27.0 Å². The highest BCUT2D eigenvalue weighted by Gasteiger charge is 2.11. The average Bonchev–Trinajstić information content (AvgIpc) is 2.62. The molecular formula is C21H18N2O2. The average molecular weight is 330 g/mol. The van der Waals surface area contributed by atoms with Crippen molar-refractivity contribution in [2.24, 2.45) is 0 Å². The molecule has 4 heteroatoms. The fourth-order valence-corrected chi connectivity index (χ4v) is 2.56. The highest BCUT2D eigenvalue weighted by Crippen LogP contribution is 2.13. The van der Waals surface area contributed by atoms with Crippen molar-refractivity contribution in [2.75, 3.05) is 5.32 Å². The highest BCUT2D eigenvalue weighted by molar-refractivity contribution is 6.09. The van der Waals surface area contributed by atoms with Crippen molar-refractivity contribution in [3.05, 3.63) is 95.2 Å². The molecule has 3 aromatic rings. The molecular weight excluding hydrogens is 312 g/mol. The van der Waals surface area contributed by atoms with Crippen LogP contribution in [0.25, 0.3) is 0 Å². The first-order valence-electron chi connectivity index (χ1n) is 8.03. The number of benzene rings is 2. The molecule has 4 nitrogen and oxygen atoms in total. The third-order valence-corrected chi connectivity index (χ3v) is 3.77. The maximum atomic E-state index is 12.5. The zero-order chi connectivity index (χ0) is 17.6. The molecule has 1 amide bonds. The quantitative estimate of drug-likeness (QED) is 0.724. The van der Waals surface area contributed by atoms with Crippen LogP contribution in [0, 0.1) is 6.92 Å². The number of anilines is 1.